The normalized spacial score (nSPS) is 19.1. The van der Waals surface area contributed by atoms with E-state index in [4.69, 9.17) is 9.84 Å². The van der Waals surface area contributed by atoms with Crippen LogP contribution in [0.4, 0.5) is 0 Å². The van der Waals surface area contributed by atoms with Crippen LogP contribution in [0.3, 0.4) is 0 Å². The van der Waals surface area contributed by atoms with Crippen molar-refractivity contribution in [3.8, 4) is 0 Å². The number of likely N-dealkylation sites (tertiary alicyclic amines) is 1. The van der Waals surface area contributed by atoms with Crippen LogP contribution in [-0.2, 0) is 4.74 Å². The van der Waals surface area contributed by atoms with E-state index in [1.165, 1.54) is 6.33 Å². The first-order valence-corrected chi connectivity index (χ1v) is 7.09. The summed E-state index contributed by atoms with van der Waals surface area (Å²) in [7, 11) is 0. The summed E-state index contributed by atoms with van der Waals surface area (Å²) in [4.78, 5) is 25.6. The molecule has 0 spiro atoms. The highest BCUT2D eigenvalue weighted by atomic mass is 16.5. The summed E-state index contributed by atoms with van der Waals surface area (Å²) in [6.45, 7) is 1.55. The van der Waals surface area contributed by atoms with E-state index >= 15 is 0 Å². The number of H-pyrrole nitrogens is 1. The van der Waals surface area contributed by atoms with E-state index in [0.717, 1.165) is 18.2 Å². The van der Waals surface area contributed by atoms with Gasteiger partial charge in [-0.15, -0.1) is 0 Å². The van der Waals surface area contributed by atoms with E-state index in [9.17, 15) is 4.79 Å². The standard InChI is InChI=1S/C14H18N4O3/c19-6-7-21-10-2-1-5-18(8-10)14(20)12-11-3-4-15-13(11)17-9-16-12/h3-4,9-10,19H,1-2,5-8H2,(H,15,16,17). The van der Waals surface area contributed by atoms with Crippen molar-refractivity contribution in [1.29, 1.82) is 0 Å². The fraction of sp³-hybridized carbons (Fsp3) is 0.500. The van der Waals surface area contributed by atoms with Crippen LogP contribution in [0.25, 0.3) is 11.0 Å². The van der Waals surface area contributed by atoms with Gasteiger partial charge < -0.3 is 19.7 Å². The van der Waals surface area contributed by atoms with Crippen molar-refractivity contribution in [1.82, 2.24) is 19.9 Å². The summed E-state index contributed by atoms with van der Waals surface area (Å²) in [5.74, 6) is -0.0979. The van der Waals surface area contributed by atoms with Crippen LogP contribution >= 0.6 is 0 Å². The number of carbonyl (C=O) groups excluding carboxylic acids is 1. The average Bonchev–Trinajstić information content (AvgIpc) is 3.01. The molecule has 3 heterocycles. The van der Waals surface area contributed by atoms with E-state index in [0.29, 0.717) is 31.0 Å². The smallest absolute Gasteiger partial charge is 0.273 e. The maximum Gasteiger partial charge on any atom is 0.273 e. The summed E-state index contributed by atoms with van der Waals surface area (Å²) < 4.78 is 5.54. The lowest BCUT2D eigenvalue weighted by atomic mass is 10.1. The second-order valence-corrected chi connectivity index (χ2v) is 5.07. The van der Waals surface area contributed by atoms with Gasteiger partial charge in [0, 0.05) is 19.3 Å². The molecular formula is C14H18N4O3. The molecule has 0 saturated carbocycles. The Hall–Kier alpha value is -1.99. The van der Waals surface area contributed by atoms with Gasteiger partial charge in [0.25, 0.3) is 5.91 Å². The number of ether oxygens (including phenoxy) is 1. The lowest BCUT2D eigenvalue weighted by molar-refractivity contribution is -0.0111. The number of aromatic amines is 1. The highest BCUT2D eigenvalue weighted by molar-refractivity contribution is 6.03. The average molecular weight is 290 g/mol. The number of carbonyl (C=O) groups is 1. The van der Waals surface area contributed by atoms with Gasteiger partial charge in [0.1, 0.15) is 17.7 Å². The van der Waals surface area contributed by atoms with Crippen molar-refractivity contribution < 1.29 is 14.6 Å². The summed E-state index contributed by atoms with van der Waals surface area (Å²) in [5.41, 5.74) is 1.09. The molecular weight excluding hydrogens is 272 g/mol. The van der Waals surface area contributed by atoms with Crippen molar-refractivity contribution >= 4 is 16.9 Å². The van der Waals surface area contributed by atoms with E-state index in [1.54, 1.807) is 11.1 Å². The zero-order valence-electron chi connectivity index (χ0n) is 11.7. The van der Waals surface area contributed by atoms with Crippen LogP contribution in [-0.4, -0.2) is 63.3 Å². The highest BCUT2D eigenvalue weighted by Crippen LogP contribution is 2.19. The maximum absolute atomic E-state index is 12.6. The van der Waals surface area contributed by atoms with Crippen LogP contribution in [0, 0.1) is 0 Å². The monoisotopic (exact) mass is 290 g/mol. The Morgan fingerprint density at radius 2 is 2.43 bits per heavy atom. The molecule has 2 aromatic heterocycles. The first kappa shape index (κ1) is 14.0. The number of aliphatic hydroxyl groups is 1. The molecule has 1 amide bonds. The highest BCUT2D eigenvalue weighted by Gasteiger charge is 2.26. The van der Waals surface area contributed by atoms with Gasteiger partial charge in [-0.1, -0.05) is 0 Å². The number of aromatic nitrogens is 3. The first-order valence-electron chi connectivity index (χ1n) is 7.09. The number of rotatable bonds is 4. The Bertz CT molecular complexity index is 627. The van der Waals surface area contributed by atoms with Crippen molar-refractivity contribution in [2.45, 2.75) is 18.9 Å². The van der Waals surface area contributed by atoms with Gasteiger partial charge in [-0.3, -0.25) is 4.79 Å². The van der Waals surface area contributed by atoms with Gasteiger partial charge in [0.05, 0.1) is 24.7 Å². The van der Waals surface area contributed by atoms with Crippen LogP contribution in [0.15, 0.2) is 18.6 Å². The third-order valence-electron chi connectivity index (χ3n) is 3.67. The number of piperidine rings is 1. The van der Waals surface area contributed by atoms with Gasteiger partial charge in [-0.05, 0) is 18.9 Å². The molecule has 0 bridgehead atoms. The van der Waals surface area contributed by atoms with Crippen molar-refractivity contribution in [3.05, 3.63) is 24.3 Å². The van der Waals surface area contributed by atoms with Crippen molar-refractivity contribution in [3.63, 3.8) is 0 Å². The molecule has 21 heavy (non-hydrogen) atoms. The van der Waals surface area contributed by atoms with Crippen LogP contribution < -0.4 is 0 Å². The number of nitrogens with one attached hydrogen (secondary N) is 1. The van der Waals surface area contributed by atoms with Gasteiger partial charge in [0.15, 0.2) is 0 Å². The SMILES string of the molecule is O=C(c1ncnc2[nH]ccc12)N1CCCC(OCCO)C1. The lowest BCUT2D eigenvalue weighted by Gasteiger charge is -2.32. The lowest BCUT2D eigenvalue weighted by Crippen LogP contribution is -2.43. The van der Waals surface area contributed by atoms with Crippen molar-refractivity contribution in [2.24, 2.45) is 0 Å². The Kier molecular flexibility index (Phi) is 4.12. The van der Waals surface area contributed by atoms with Crippen LogP contribution in [0.2, 0.25) is 0 Å². The van der Waals surface area contributed by atoms with E-state index in [1.807, 2.05) is 6.07 Å². The second kappa shape index (κ2) is 6.19. The van der Waals surface area contributed by atoms with E-state index in [2.05, 4.69) is 15.0 Å². The molecule has 7 nitrogen and oxygen atoms in total. The first-order chi connectivity index (χ1) is 10.3. The number of hydrogen-bond acceptors (Lipinski definition) is 5. The summed E-state index contributed by atoms with van der Waals surface area (Å²) >= 11 is 0. The largest absolute Gasteiger partial charge is 0.394 e. The number of fused-ring (bicyclic) bond motifs is 1. The number of hydrogen-bond donors (Lipinski definition) is 2. The molecule has 1 aliphatic rings. The fourth-order valence-electron chi connectivity index (χ4n) is 2.67. The summed E-state index contributed by atoms with van der Waals surface area (Å²) in [5, 5.41) is 9.56. The molecule has 1 unspecified atom stereocenters. The van der Waals surface area contributed by atoms with E-state index < -0.39 is 0 Å². The Morgan fingerprint density at radius 1 is 1.52 bits per heavy atom. The van der Waals surface area contributed by atoms with E-state index in [-0.39, 0.29) is 18.6 Å². The molecule has 3 rings (SSSR count). The fourth-order valence-corrected chi connectivity index (χ4v) is 2.67. The summed E-state index contributed by atoms with van der Waals surface area (Å²) in [6, 6.07) is 1.81. The number of aliphatic hydroxyl groups excluding tert-OH is 1. The minimum absolute atomic E-state index is 0.000326. The van der Waals surface area contributed by atoms with Crippen LogP contribution in [0.1, 0.15) is 23.3 Å². The zero-order chi connectivity index (χ0) is 14.7. The zero-order valence-corrected chi connectivity index (χ0v) is 11.7. The molecule has 1 saturated heterocycles. The third-order valence-corrected chi connectivity index (χ3v) is 3.67. The minimum atomic E-state index is -0.0979. The molecule has 0 radical (unpaired) electrons. The molecule has 2 aromatic rings. The van der Waals surface area contributed by atoms with Gasteiger partial charge in [0.2, 0.25) is 0 Å². The van der Waals surface area contributed by atoms with Gasteiger partial charge in [-0.25, -0.2) is 9.97 Å². The quantitative estimate of drug-likeness (QED) is 0.859. The predicted octanol–water partition coefficient (Wildman–Crippen LogP) is 0.571. The third kappa shape index (κ3) is 2.88. The minimum Gasteiger partial charge on any atom is -0.394 e. The Labute approximate surface area is 122 Å². The molecule has 7 heteroatoms. The van der Waals surface area contributed by atoms with Gasteiger partial charge in [-0.2, -0.15) is 0 Å². The number of nitrogens with zero attached hydrogens (tertiary/aromatic N) is 3. The number of amides is 1. The molecule has 1 atom stereocenters. The Balaban J connectivity index is 1.76. The maximum atomic E-state index is 12.6. The second-order valence-electron chi connectivity index (χ2n) is 5.07. The molecule has 0 aliphatic carbocycles. The molecule has 1 aliphatic heterocycles. The predicted molar refractivity (Wildman–Crippen MR) is 75.9 cm³/mol. The van der Waals surface area contributed by atoms with Crippen LogP contribution in [0.5, 0.6) is 0 Å². The molecule has 112 valence electrons. The summed E-state index contributed by atoms with van der Waals surface area (Å²) in [6.07, 6.45) is 4.93. The Morgan fingerprint density at radius 3 is 3.29 bits per heavy atom. The molecule has 2 N–H and O–H groups in total. The molecule has 1 fully saturated rings. The van der Waals surface area contributed by atoms with Crippen molar-refractivity contribution in [2.75, 3.05) is 26.3 Å². The van der Waals surface area contributed by atoms with Gasteiger partial charge >= 0.3 is 0 Å². The topological polar surface area (TPSA) is 91.3 Å². The molecule has 0 aromatic carbocycles.